The molecule has 8 heteroatoms. The van der Waals surface area contributed by atoms with Gasteiger partial charge in [-0.3, -0.25) is 9.05 Å². The predicted molar refractivity (Wildman–Crippen MR) is 52.3 cm³/mol. The van der Waals surface area contributed by atoms with Crippen LogP contribution in [-0.4, -0.2) is 25.3 Å². The third kappa shape index (κ3) is 6.49. The Hall–Kier alpha value is 0.0400. The van der Waals surface area contributed by atoms with Gasteiger partial charge in [0.2, 0.25) is 0 Å². The van der Waals surface area contributed by atoms with Gasteiger partial charge in [-0.1, -0.05) is 0 Å². The molecule has 0 spiro atoms. The zero-order chi connectivity index (χ0) is 10.8. The zero-order valence-corrected chi connectivity index (χ0v) is 9.45. The van der Waals surface area contributed by atoms with Gasteiger partial charge in [0, 0.05) is 12.6 Å². The molecule has 2 unspecified atom stereocenters. The molecule has 0 aliphatic carbocycles. The predicted octanol–water partition coefficient (Wildman–Crippen LogP) is 0.868. The number of nitrogens with two attached hydrogens (primary N) is 2. The summed E-state index contributed by atoms with van der Waals surface area (Å²) in [5.74, 6) is 0. The van der Waals surface area contributed by atoms with Crippen LogP contribution in [0.5, 0.6) is 0 Å². The summed E-state index contributed by atoms with van der Waals surface area (Å²) in [5, 5.41) is 0. The first kappa shape index (κ1) is 14.0. The van der Waals surface area contributed by atoms with Crippen molar-refractivity contribution in [2.45, 2.75) is 25.0 Å². The van der Waals surface area contributed by atoms with E-state index in [1.165, 1.54) is 0 Å². The van der Waals surface area contributed by atoms with Gasteiger partial charge in [-0.25, -0.2) is 9.13 Å². The topological polar surface area (TPSA) is 105 Å². The first-order valence-corrected chi connectivity index (χ1v) is 5.61. The average Bonchev–Trinajstić information content (AvgIpc) is 2.21. The molecule has 0 aromatic carbocycles. The molecular formula is C6H14N2O4P2. The van der Waals surface area contributed by atoms with Crippen molar-refractivity contribution in [3.8, 4) is 0 Å². The molecule has 0 saturated carbocycles. The van der Waals surface area contributed by atoms with Gasteiger partial charge in [-0.2, -0.15) is 0 Å². The monoisotopic (exact) mass is 240 g/mol. The van der Waals surface area contributed by atoms with Crippen LogP contribution in [0.3, 0.4) is 0 Å². The summed E-state index contributed by atoms with van der Waals surface area (Å²) in [7, 11) is -0.750. The summed E-state index contributed by atoms with van der Waals surface area (Å²) in [5.41, 5.74) is 11.0. The van der Waals surface area contributed by atoms with Gasteiger partial charge in [0.25, 0.3) is 0 Å². The Morgan fingerprint density at radius 3 is 2.50 bits per heavy atom. The second-order valence-corrected chi connectivity index (χ2v) is 3.44. The Bertz CT molecular complexity index is 172. The molecule has 82 valence electrons. The van der Waals surface area contributed by atoms with Gasteiger partial charge in [0.05, 0.1) is 12.7 Å². The first-order valence-electron chi connectivity index (χ1n) is 4.15. The summed E-state index contributed by atoms with van der Waals surface area (Å²) in [6, 6.07) is -0.346. The molecule has 2 atom stereocenters. The Morgan fingerprint density at radius 2 is 2.00 bits per heavy atom. The molecule has 0 bridgehead atoms. The summed E-state index contributed by atoms with van der Waals surface area (Å²) in [6.07, 6.45) is 0.845. The van der Waals surface area contributed by atoms with Crippen molar-refractivity contribution in [3.63, 3.8) is 0 Å². The molecule has 0 saturated heterocycles. The number of hydrogen-bond donors (Lipinski definition) is 2. The molecular weight excluding hydrogens is 226 g/mol. The average molecular weight is 240 g/mol. The Balaban J connectivity index is 3.71. The first-order chi connectivity index (χ1) is 6.76. The summed E-state index contributed by atoms with van der Waals surface area (Å²) in [6.45, 7) is 0.610. The maximum Gasteiger partial charge on any atom is 0.327 e. The van der Waals surface area contributed by atoms with Gasteiger partial charge >= 0.3 is 17.4 Å². The van der Waals surface area contributed by atoms with E-state index in [0.717, 1.165) is 0 Å². The van der Waals surface area contributed by atoms with Crippen molar-refractivity contribution >= 4 is 17.4 Å². The summed E-state index contributed by atoms with van der Waals surface area (Å²) in [4.78, 5) is 0. The van der Waals surface area contributed by atoms with Gasteiger partial charge < -0.3 is 11.5 Å². The van der Waals surface area contributed by atoms with Crippen molar-refractivity contribution in [2.24, 2.45) is 11.5 Å². The molecule has 0 radical (unpaired) electrons. The molecule has 6 nitrogen and oxygen atoms in total. The van der Waals surface area contributed by atoms with Gasteiger partial charge in [-0.05, 0) is 12.8 Å². The van der Waals surface area contributed by atoms with E-state index in [9.17, 15) is 9.13 Å². The van der Waals surface area contributed by atoms with Gasteiger partial charge in [-0.15, -0.1) is 0 Å². The summed E-state index contributed by atoms with van der Waals surface area (Å²) >= 11 is 0. The third-order valence-electron chi connectivity index (χ3n) is 1.71. The van der Waals surface area contributed by atoms with Crippen LogP contribution in [0.1, 0.15) is 12.8 Å². The summed E-state index contributed by atoms with van der Waals surface area (Å²) < 4.78 is 29.6. The van der Waals surface area contributed by atoms with Crippen molar-refractivity contribution in [2.75, 3.05) is 13.2 Å². The molecule has 0 fully saturated rings. The number of hydrogen-bond acceptors (Lipinski definition) is 6. The van der Waals surface area contributed by atoms with Crippen molar-refractivity contribution in [1.82, 2.24) is 0 Å². The van der Waals surface area contributed by atoms with Crippen LogP contribution in [0.2, 0.25) is 0 Å². The minimum absolute atomic E-state index is 0.265. The van der Waals surface area contributed by atoms with Crippen LogP contribution in [-0.2, 0) is 18.2 Å². The van der Waals surface area contributed by atoms with Crippen LogP contribution < -0.4 is 11.5 Å². The fourth-order valence-corrected chi connectivity index (χ4v) is 1.51. The normalized spacial score (nSPS) is 15.9. The fourth-order valence-electron chi connectivity index (χ4n) is 0.938. The maximum atomic E-state index is 10.2. The molecule has 4 N–H and O–H groups in total. The van der Waals surface area contributed by atoms with Crippen LogP contribution in [0.15, 0.2) is 0 Å². The van der Waals surface area contributed by atoms with Crippen molar-refractivity contribution in [3.05, 3.63) is 0 Å². The molecule has 0 rings (SSSR count). The molecule has 0 aromatic rings. The van der Waals surface area contributed by atoms with E-state index in [1.54, 1.807) is 0 Å². The molecule has 0 heterocycles. The van der Waals surface area contributed by atoms with Crippen LogP contribution in [0.25, 0.3) is 0 Å². The molecule has 14 heavy (non-hydrogen) atoms. The Kier molecular flexibility index (Phi) is 9.62. The van der Waals surface area contributed by atoms with E-state index in [4.69, 9.17) is 16.0 Å². The molecule has 0 aliphatic rings. The van der Waals surface area contributed by atoms with E-state index >= 15 is 0 Å². The minimum atomic E-state index is -0.408. The second kappa shape index (κ2) is 9.59. The van der Waals surface area contributed by atoms with Crippen LogP contribution in [0, 0.1) is 0 Å². The highest BCUT2D eigenvalue weighted by molar-refractivity contribution is 7.17. The zero-order valence-electron chi connectivity index (χ0n) is 7.67. The van der Waals surface area contributed by atoms with E-state index in [-0.39, 0.29) is 27.4 Å². The third-order valence-corrected chi connectivity index (χ3v) is 2.35. The number of rotatable bonds is 9. The lowest BCUT2D eigenvalue weighted by Crippen LogP contribution is -2.41. The molecule has 0 amide bonds. The fraction of sp³-hybridized carbons (Fsp3) is 1.00. The van der Waals surface area contributed by atoms with E-state index < -0.39 is 8.69 Å². The smallest absolute Gasteiger partial charge is 0.327 e. The Labute approximate surface area is 85.9 Å². The lowest BCUT2D eigenvalue weighted by Gasteiger charge is -2.18. The quantitative estimate of drug-likeness (QED) is 0.457. The molecule has 0 aliphatic heterocycles. The van der Waals surface area contributed by atoms with Crippen molar-refractivity contribution in [1.29, 1.82) is 0 Å². The highest BCUT2D eigenvalue weighted by Gasteiger charge is 2.17. The van der Waals surface area contributed by atoms with Gasteiger partial charge in [0.1, 0.15) is 0 Å². The highest BCUT2D eigenvalue weighted by atomic mass is 31.1. The second-order valence-electron chi connectivity index (χ2n) is 2.67. The highest BCUT2D eigenvalue weighted by Crippen LogP contribution is 2.12. The maximum absolute atomic E-state index is 10.2. The lowest BCUT2D eigenvalue weighted by atomic mass is 10.1. The standard InChI is InChI=1S/C6H14N2O4P2/c7-4-5(8)6(12-14-10)2-1-3-11-13-9/h5-6H,1-4,7-8H2. The molecule has 0 aromatic heterocycles. The van der Waals surface area contributed by atoms with Crippen LogP contribution >= 0.6 is 17.4 Å². The van der Waals surface area contributed by atoms with Crippen LogP contribution in [0.4, 0.5) is 0 Å². The largest absolute Gasteiger partial charge is 0.329 e. The Morgan fingerprint density at radius 1 is 1.29 bits per heavy atom. The van der Waals surface area contributed by atoms with E-state index in [1.807, 2.05) is 0 Å². The van der Waals surface area contributed by atoms with E-state index in [2.05, 4.69) is 4.52 Å². The van der Waals surface area contributed by atoms with E-state index in [0.29, 0.717) is 19.4 Å². The van der Waals surface area contributed by atoms with Gasteiger partial charge in [0.15, 0.2) is 0 Å². The minimum Gasteiger partial charge on any atom is -0.329 e. The van der Waals surface area contributed by atoms with Crippen molar-refractivity contribution < 1.29 is 18.2 Å². The SMILES string of the molecule is NCC(N)C(CCCOP=O)OP=O. The lowest BCUT2D eigenvalue weighted by molar-refractivity contribution is 0.170.